The van der Waals surface area contributed by atoms with Crippen LogP contribution in [0.25, 0.3) is 16.7 Å². The zero-order chi connectivity index (χ0) is 22.1. The standard InChI is InChI=1S/C28H34N2O2/c1-20-15-24-16-21(19-29-27(24)32-20)7-6-13-30(2)14-12-28(31)18-23-10-11-25(28)17-26(23)22-8-4-3-5-9-22/h3-5,8-9,15-17,19,23,25,31H,6-7,10-14,18H2,1-2H3/t23-,25-,28+/m1/s1. The molecule has 168 valence electrons. The number of fused-ring (bicyclic) bond motifs is 3. The first kappa shape index (κ1) is 21.4. The van der Waals surface area contributed by atoms with Crippen LogP contribution in [0.3, 0.4) is 0 Å². The monoisotopic (exact) mass is 430 g/mol. The van der Waals surface area contributed by atoms with Gasteiger partial charge in [0, 0.05) is 24.0 Å². The smallest absolute Gasteiger partial charge is 0.226 e. The van der Waals surface area contributed by atoms with Gasteiger partial charge in [-0.1, -0.05) is 36.4 Å². The molecule has 0 spiro atoms. The Balaban J connectivity index is 1.13. The van der Waals surface area contributed by atoms with Gasteiger partial charge in [-0.25, -0.2) is 4.98 Å². The lowest BCUT2D eigenvalue weighted by atomic mass is 9.61. The summed E-state index contributed by atoms with van der Waals surface area (Å²) in [5.41, 5.74) is 4.22. The van der Waals surface area contributed by atoms with E-state index < -0.39 is 5.60 Å². The SMILES string of the molecule is Cc1cc2cc(CCCN(C)CC[C@]3(O)C[C@H]4CC[C@@H]3C=C4c3ccccc3)cnc2o1. The Morgan fingerprint density at radius 3 is 2.78 bits per heavy atom. The first-order chi connectivity index (χ1) is 15.5. The minimum atomic E-state index is -0.552. The van der Waals surface area contributed by atoms with Gasteiger partial charge in [-0.15, -0.1) is 0 Å². The Hall–Kier alpha value is -2.43. The Bertz CT molecular complexity index is 1100. The van der Waals surface area contributed by atoms with Crippen molar-refractivity contribution in [3.05, 3.63) is 71.6 Å². The summed E-state index contributed by atoms with van der Waals surface area (Å²) in [6.07, 6.45) is 10.5. The van der Waals surface area contributed by atoms with Crippen molar-refractivity contribution in [3.63, 3.8) is 0 Å². The minimum Gasteiger partial charge on any atom is -0.443 e. The Morgan fingerprint density at radius 2 is 2.00 bits per heavy atom. The molecule has 1 saturated carbocycles. The van der Waals surface area contributed by atoms with Crippen molar-refractivity contribution < 1.29 is 9.52 Å². The van der Waals surface area contributed by atoms with Crippen LogP contribution in [0.15, 0.2) is 59.2 Å². The molecule has 0 saturated heterocycles. The van der Waals surface area contributed by atoms with Crippen LogP contribution in [0.4, 0.5) is 0 Å². The number of furan rings is 1. The molecule has 32 heavy (non-hydrogen) atoms. The van der Waals surface area contributed by atoms with Crippen molar-refractivity contribution in [2.75, 3.05) is 20.1 Å². The molecule has 4 nitrogen and oxygen atoms in total. The third-order valence-corrected chi connectivity index (χ3v) is 7.53. The van der Waals surface area contributed by atoms with Crippen LogP contribution in [0.1, 0.15) is 49.0 Å². The second-order valence-electron chi connectivity index (χ2n) is 9.93. The van der Waals surface area contributed by atoms with E-state index in [-0.39, 0.29) is 5.92 Å². The van der Waals surface area contributed by atoms with Gasteiger partial charge in [0.25, 0.3) is 0 Å². The summed E-state index contributed by atoms with van der Waals surface area (Å²) in [6.45, 7) is 3.92. The number of benzene rings is 1. The van der Waals surface area contributed by atoms with Crippen molar-refractivity contribution in [2.45, 2.75) is 51.0 Å². The van der Waals surface area contributed by atoms with E-state index in [0.717, 1.165) is 62.1 Å². The van der Waals surface area contributed by atoms with E-state index in [4.69, 9.17) is 4.42 Å². The number of aliphatic hydroxyl groups is 1. The van der Waals surface area contributed by atoms with Gasteiger partial charge < -0.3 is 14.4 Å². The number of hydrogen-bond donors (Lipinski definition) is 1. The molecule has 1 fully saturated rings. The molecule has 0 aliphatic heterocycles. The zero-order valence-electron chi connectivity index (χ0n) is 19.3. The van der Waals surface area contributed by atoms with Crippen LogP contribution >= 0.6 is 0 Å². The number of aromatic nitrogens is 1. The molecule has 0 radical (unpaired) electrons. The first-order valence-electron chi connectivity index (χ1n) is 12.0. The van der Waals surface area contributed by atoms with Gasteiger partial charge in [-0.3, -0.25) is 0 Å². The molecule has 3 aliphatic carbocycles. The van der Waals surface area contributed by atoms with Crippen molar-refractivity contribution >= 4 is 16.7 Å². The number of rotatable bonds is 8. The second-order valence-corrected chi connectivity index (χ2v) is 9.93. The highest BCUT2D eigenvalue weighted by Gasteiger charge is 2.46. The fraction of sp³-hybridized carbons (Fsp3) is 0.464. The molecule has 2 bridgehead atoms. The summed E-state index contributed by atoms with van der Waals surface area (Å²) >= 11 is 0. The molecule has 0 unspecified atom stereocenters. The van der Waals surface area contributed by atoms with E-state index in [0.29, 0.717) is 5.92 Å². The van der Waals surface area contributed by atoms with Crippen LogP contribution in [-0.2, 0) is 6.42 Å². The Kier molecular flexibility index (Phi) is 5.92. The fourth-order valence-corrected chi connectivity index (χ4v) is 5.73. The predicted octanol–water partition coefficient (Wildman–Crippen LogP) is 5.64. The number of nitrogens with zero attached hydrogens (tertiary/aromatic N) is 2. The normalized spacial score (nSPS) is 24.9. The van der Waals surface area contributed by atoms with Gasteiger partial charge in [0.1, 0.15) is 5.76 Å². The lowest BCUT2D eigenvalue weighted by molar-refractivity contribution is -0.0574. The number of hydrogen-bond acceptors (Lipinski definition) is 4. The number of allylic oxidation sites excluding steroid dienone is 1. The highest BCUT2D eigenvalue weighted by atomic mass is 16.3. The highest BCUT2D eigenvalue weighted by molar-refractivity contribution is 5.74. The van der Waals surface area contributed by atoms with E-state index in [9.17, 15) is 5.11 Å². The van der Waals surface area contributed by atoms with E-state index in [2.05, 4.69) is 59.4 Å². The summed E-state index contributed by atoms with van der Waals surface area (Å²) in [6, 6.07) is 15.0. The van der Waals surface area contributed by atoms with Crippen LogP contribution in [0.2, 0.25) is 0 Å². The second kappa shape index (κ2) is 8.84. The van der Waals surface area contributed by atoms with Crippen molar-refractivity contribution in [3.8, 4) is 0 Å². The molecule has 2 heterocycles. The molecule has 3 aliphatic rings. The van der Waals surface area contributed by atoms with Gasteiger partial charge >= 0.3 is 0 Å². The largest absolute Gasteiger partial charge is 0.443 e. The quantitative estimate of drug-likeness (QED) is 0.503. The molecule has 2 aromatic heterocycles. The van der Waals surface area contributed by atoms with E-state index in [1.54, 1.807) is 0 Å². The molecule has 3 atom stereocenters. The third kappa shape index (κ3) is 4.39. The van der Waals surface area contributed by atoms with Crippen LogP contribution < -0.4 is 0 Å². The molecule has 4 heteroatoms. The van der Waals surface area contributed by atoms with Gasteiger partial charge in [-0.2, -0.15) is 0 Å². The minimum absolute atomic E-state index is 0.285. The van der Waals surface area contributed by atoms with Crippen LogP contribution in [0, 0.1) is 18.8 Å². The molecular formula is C28H34N2O2. The van der Waals surface area contributed by atoms with Crippen molar-refractivity contribution in [2.24, 2.45) is 11.8 Å². The molecule has 1 aromatic carbocycles. The predicted molar refractivity (Wildman–Crippen MR) is 129 cm³/mol. The third-order valence-electron chi connectivity index (χ3n) is 7.53. The van der Waals surface area contributed by atoms with Gasteiger partial charge in [0.05, 0.1) is 5.60 Å². The maximum absolute atomic E-state index is 11.5. The van der Waals surface area contributed by atoms with E-state index in [1.165, 1.54) is 23.1 Å². The summed E-state index contributed by atoms with van der Waals surface area (Å²) in [5.74, 6) is 1.68. The molecule has 3 aromatic rings. The molecule has 6 rings (SSSR count). The maximum Gasteiger partial charge on any atom is 0.226 e. The fourth-order valence-electron chi connectivity index (χ4n) is 5.73. The molecule has 1 N–H and O–H groups in total. The van der Waals surface area contributed by atoms with Crippen LogP contribution in [-0.4, -0.2) is 40.7 Å². The van der Waals surface area contributed by atoms with Gasteiger partial charge in [-0.05, 0) is 93.8 Å². The molecular weight excluding hydrogens is 396 g/mol. The summed E-state index contributed by atoms with van der Waals surface area (Å²) < 4.78 is 5.57. The maximum atomic E-state index is 11.5. The summed E-state index contributed by atoms with van der Waals surface area (Å²) in [5, 5.41) is 12.6. The van der Waals surface area contributed by atoms with Gasteiger partial charge in [0.15, 0.2) is 0 Å². The topological polar surface area (TPSA) is 49.5 Å². The Labute approximate surface area is 191 Å². The average Bonchev–Trinajstić information content (AvgIpc) is 3.18. The number of pyridine rings is 1. The van der Waals surface area contributed by atoms with Crippen molar-refractivity contribution in [1.29, 1.82) is 0 Å². The summed E-state index contributed by atoms with van der Waals surface area (Å²) in [7, 11) is 2.18. The number of aryl methyl sites for hydroxylation is 2. The summed E-state index contributed by atoms with van der Waals surface area (Å²) in [4.78, 5) is 6.81. The first-order valence-corrected chi connectivity index (χ1v) is 12.0. The van der Waals surface area contributed by atoms with Crippen molar-refractivity contribution in [1.82, 2.24) is 9.88 Å². The average molecular weight is 431 g/mol. The Morgan fingerprint density at radius 1 is 1.16 bits per heavy atom. The van der Waals surface area contributed by atoms with E-state index in [1.807, 2.05) is 19.2 Å². The lowest BCUT2D eigenvalue weighted by Crippen LogP contribution is -2.48. The molecule has 0 amide bonds. The van der Waals surface area contributed by atoms with Crippen LogP contribution in [0.5, 0.6) is 0 Å². The highest BCUT2D eigenvalue weighted by Crippen LogP contribution is 2.51. The van der Waals surface area contributed by atoms with Gasteiger partial charge in [0.2, 0.25) is 5.71 Å². The lowest BCUT2D eigenvalue weighted by Gasteiger charge is -2.48. The zero-order valence-corrected chi connectivity index (χ0v) is 19.3. The van der Waals surface area contributed by atoms with E-state index >= 15 is 0 Å².